The Hall–Kier alpha value is -2.20. The van der Waals surface area contributed by atoms with Gasteiger partial charge < -0.3 is 119 Å². The van der Waals surface area contributed by atoms with Crippen molar-refractivity contribution in [1.29, 1.82) is 0 Å². The van der Waals surface area contributed by atoms with Crippen LogP contribution in [0.1, 0.15) is 106 Å². The van der Waals surface area contributed by atoms with Gasteiger partial charge in [0.2, 0.25) is 6.29 Å². The fourth-order valence-corrected chi connectivity index (χ4v) is 16.8. The second kappa shape index (κ2) is 23.7. The fraction of sp³-hybridized carbons (Fsp3) is 0.929. The molecule has 0 amide bonds. The summed E-state index contributed by atoms with van der Waals surface area (Å²) in [4.78, 5) is 27.9. The van der Waals surface area contributed by atoms with Gasteiger partial charge in [0.15, 0.2) is 18.9 Å². The van der Waals surface area contributed by atoms with Gasteiger partial charge in [0.1, 0.15) is 97.7 Å². The third-order valence-corrected chi connectivity index (χ3v) is 21.7. The number of hydrogen-bond donors (Lipinski definition) is 15. The molecule has 4 saturated heterocycles. The molecule has 3 unspecified atom stereocenters. The van der Waals surface area contributed by atoms with Gasteiger partial charge in [-0.3, -0.25) is 9.59 Å². The first-order valence-corrected chi connectivity index (χ1v) is 29.0. The van der Waals surface area contributed by atoms with Crippen molar-refractivity contribution in [2.24, 2.45) is 50.2 Å². The largest absolute Gasteiger partial charge is 0.465 e. The minimum absolute atomic E-state index is 0.113. The lowest BCUT2D eigenvalue weighted by Gasteiger charge is -2.71. The van der Waals surface area contributed by atoms with Crippen LogP contribution in [0.15, 0.2) is 11.6 Å². The van der Waals surface area contributed by atoms with E-state index in [2.05, 4.69) is 40.7 Å². The van der Waals surface area contributed by atoms with E-state index in [1.54, 1.807) is 0 Å². The Morgan fingerprint density at radius 1 is 0.573 bits per heavy atom. The van der Waals surface area contributed by atoms with Crippen molar-refractivity contribution in [3.63, 3.8) is 0 Å². The molecular weight excluding hydrogens is 1090 g/mol. The summed E-state index contributed by atoms with van der Waals surface area (Å²) in [5.41, 5.74) is -3.09. The normalized spacial score (nSPS) is 52.9. The number of aliphatic hydroxyl groups excluding tert-OH is 15. The molecule has 9 aliphatic rings. The van der Waals surface area contributed by atoms with Crippen LogP contribution in [0, 0.1) is 50.2 Å². The van der Waals surface area contributed by atoms with Crippen LogP contribution in [0.3, 0.4) is 0 Å². The van der Waals surface area contributed by atoms with Crippen LogP contribution >= 0.6 is 0 Å². The monoisotopic (exact) mass is 1180 g/mol. The number of esters is 2. The molecule has 0 aromatic rings. The van der Waals surface area contributed by atoms with E-state index in [9.17, 15) is 81.4 Å². The van der Waals surface area contributed by atoms with E-state index >= 15 is 4.79 Å². The van der Waals surface area contributed by atoms with Crippen molar-refractivity contribution in [1.82, 2.24) is 0 Å². The van der Waals surface area contributed by atoms with Gasteiger partial charge in [0.25, 0.3) is 0 Å². The summed E-state index contributed by atoms with van der Waals surface area (Å²) in [6.45, 7) is 10.9. The van der Waals surface area contributed by atoms with E-state index < -0.39 is 200 Å². The number of aliphatic hydroxyl groups is 15. The molecule has 15 N–H and O–H groups in total. The molecule has 0 aromatic carbocycles. The average Bonchev–Trinajstić information content (AvgIpc) is 2.26. The molecule has 5 aliphatic carbocycles. The molecule has 82 heavy (non-hydrogen) atoms. The maximum atomic E-state index is 15.1. The zero-order valence-electron chi connectivity index (χ0n) is 47.6. The highest BCUT2D eigenvalue weighted by molar-refractivity contribution is 5.79. The number of carbonyl (C=O) groups is 2. The van der Waals surface area contributed by atoms with Crippen molar-refractivity contribution in [2.75, 3.05) is 33.0 Å². The summed E-state index contributed by atoms with van der Waals surface area (Å²) < 4.78 is 52.9. The Kier molecular flexibility index (Phi) is 18.6. The van der Waals surface area contributed by atoms with E-state index in [1.807, 2.05) is 6.92 Å². The first-order valence-electron chi connectivity index (χ1n) is 29.0. The molecule has 30 atom stereocenters. The van der Waals surface area contributed by atoms with Gasteiger partial charge in [0, 0.05) is 12.3 Å². The summed E-state index contributed by atoms with van der Waals surface area (Å²) in [7, 11) is 0. The number of allylic oxidation sites excluding steroid dienone is 2. The van der Waals surface area contributed by atoms with Crippen LogP contribution in [0.25, 0.3) is 0 Å². The lowest BCUT2D eigenvalue weighted by Crippen LogP contribution is -2.70. The van der Waals surface area contributed by atoms with E-state index in [4.69, 9.17) is 42.6 Å². The Morgan fingerprint density at radius 3 is 1.70 bits per heavy atom. The van der Waals surface area contributed by atoms with E-state index in [-0.39, 0.29) is 36.2 Å². The standard InChI is InChI=1S/C56H90O26/c1-23(60)75-22-53(5)31-10-11-55(7)32(52(31,4)17-26(61)45(53)81-49-43(72)44(36(65)29(20-59)78-49)80-47-41(70)38(67)34(63)28(19-58)77-47)9-8-24-25-16-51(2,3)12-14-56(25,15-13-54(24,55)6)50(73)82-48-42(71)39(68)35(64)30(79-48)21-74-46-40(69)37(66)33(62)27(18-57)76-46/h8,25-49,57-59,61-72H,9-22H2,1-7H3/t25?,26-,27-,28+,29+,30+,31+,32?,33-,34+,35+,36+,37+,38-,39-,40-,41+,42+,43+,44-,45-,46-,47-,48-,49-,52-,53-,54+,55+,56?/m0/s1. The summed E-state index contributed by atoms with van der Waals surface area (Å²) in [5.74, 6) is -2.03. The highest BCUT2D eigenvalue weighted by atomic mass is 16.8. The minimum atomic E-state index is -1.91. The number of ether oxygens (including phenoxy) is 9. The predicted octanol–water partition coefficient (Wildman–Crippen LogP) is -3.52. The van der Waals surface area contributed by atoms with Crippen LogP contribution < -0.4 is 0 Å². The molecule has 0 radical (unpaired) electrons. The summed E-state index contributed by atoms with van der Waals surface area (Å²) in [5, 5.41) is 162. The topological polar surface area (TPSA) is 421 Å². The van der Waals surface area contributed by atoms with Crippen LogP contribution in [0.2, 0.25) is 0 Å². The van der Waals surface area contributed by atoms with Gasteiger partial charge in [-0.25, -0.2) is 0 Å². The second-order valence-electron chi connectivity index (χ2n) is 26.9. The number of fused-ring (bicyclic) bond motifs is 7. The van der Waals surface area contributed by atoms with E-state index in [0.29, 0.717) is 51.4 Å². The number of rotatable bonds is 14. The average molecular weight is 1180 g/mol. The highest BCUT2D eigenvalue weighted by Gasteiger charge is 2.72. The number of hydrogen-bond acceptors (Lipinski definition) is 26. The zero-order valence-corrected chi connectivity index (χ0v) is 47.6. The molecular formula is C56H90O26. The van der Waals surface area contributed by atoms with E-state index in [0.717, 1.165) is 5.57 Å². The van der Waals surface area contributed by atoms with Gasteiger partial charge in [-0.2, -0.15) is 0 Å². The molecule has 4 saturated carbocycles. The van der Waals surface area contributed by atoms with Crippen molar-refractivity contribution in [3.05, 3.63) is 11.6 Å². The van der Waals surface area contributed by atoms with Gasteiger partial charge >= 0.3 is 11.9 Å². The summed E-state index contributed by atoms with van der Waals surface area (Å²) >= 11 is 0. The van der Waals surface area contributed by atoms with Gasteiger partial charge in [-0.1, -0.05) is 53.2 Å². The molecule has 470 valence electrons. The molecule has 0 bridgehead atoms. The Labute approximate surface area is 475 Å². The Bertz CT molecular complexity index is 2290. The van der Waals surface area contributed by atoms with Crippen LogP contribution in [0.5, 0.6) is 0 Å². The molecule has 0 aromatic heterocycles. The van der Waals surface area contributed by atoms with Gasteiger partial charge in [0.05, 0.1) is 50.7 Å². The Balaban J connectivity index is 0.964. The maximum absolute atomic E-state index is 15.1. The van der Waals surface area contributed by atoms with E-state index in [1.165, 1.54) is 6.92 Å². The summed E-state index contributed by atoms with van der Waals surface area (Å²) in [6, 6.07) is 0. The van der Waals surface area contributed by atoms with Crippen LogP contribution in [-0.2, 0) is 52.2 Å². The lowest BCUT2D eigenvalue weighted by molar-refractivity contribution is -0.375. The zero-order chi connectivity index (χ0) is 60.1. The molecule has 8 fully saturated rings. The van der Waals surface area contributed by atoms with Crippen molar-refractivity contribution in [3.8, 4) is 0 Å². The van der Waals surface area contributed by atoms with Gasteiger partial charge in [-0.15, -0.1) is 0 Å². The highest BCUT2D eigenvalue weighted by Crippen LogP contribution is 2.76. The molecule has 9 rings (SSSR count). The SMILES string of the molecule is CC(=O)OC[C@]1(C)[C@@H](O[C@@H]2O[C@H](CO)[C@@H](O)[C@H](O[C@@H]3O[C@H](CO)[C@@H](O)[C@H](O)[C@H]3O)[C@H]2O)[C@@H](O)C[C@]2(C)C3CC=C4C5CC(C)(C)CCC5(C(=O)O[C@@H]5O[C@H](CO[C@H]6O[C@@H](CO)[C@H](O)[C@@H](O)[C@@H]6O)[C@@H](O)[C@H](O)[C@H]5O)CC[C@@]4(C)[C@]3(C)CC[C@@H]12. The molecule has 26 heteroatoms. The second-order valence-corrected chi connectivity index (χ2v) is 26.9. The first kappa shape index (κ1) is 64.3. The molecule has 4 heterocycles. The van der Waals surface area contributed by atoms with Crippen LogP contribution in [-0.4, -0.2) is 257 Å². The van der Waals surface area contributed by atoms with Crippen LogP contribution in [0.4, 0.5) is 0 Å². The molecule has 0 spiro atoms. The fourth-order valence-electron chi connectivity index (χ4n) is 16.8. The van der Waals surface area contributed by atoms with Gasteiger partial charge in [-0.05, 0) is 97.2 Å². The van der Waals surface area contributed by atoms with Crippen molar-refractivity contribution >= 4 is 11.9 Å². The Morgan fingerprint density at radius 2 is 1.10 bits per heavy atom. The smallest absolute Gasteiger partial charge is 0.315 e. The van der Waals surface area contributed by atoms with Crippen molar-refractivity contribution < 1.29 is 129 Å². The lowest BCUT2D eigenvalue weighted by atomic mass is 9.33. The first-order chi connectivity index (χ1) is 38.4. The predicted molar refractivity (Wildman–Crippen MR) is 275 cm³/mol. The summed E-state index contributed by atoms with van der Waals surface area (Å²) in [6.07, 6.45) is -29.9. The van der Waals surface area contributed by atoms with Crippen molar-refractivity contribution in [2.45, 2.75) is 241 Å². The third-order valence-electron chi connectivity index (χ3n) is 21.7. The maximum Gasteiger partial charge on any atom is 0.315 e. The quantitative estimate of drug-likeness (QED) is 0.0455. The number of carbonyl (C=O) groups excluding carboxylic acids is 2. The molecule has 4 aliphatic heterocycles. The third kappa shape index (κ3) is 10.7. The minimum Gasteiger partial charge on any atom is -0.465 e. The molecule has 26 nitrogen and oxygen atoms in total.